The Bertz CT molecular complexity index is 680. The third kappa shape index (κ3) is 3.98. The Morgan fingerprint density at radius 1 is 1.12 bits per heavy atom. The van der Waals surface area contributed by atoms with Gasteiger partial charge in [0.25, 0.3) is 5.91 Å². The van der Waals surface area contributed by atoms with Crippen molar-refractivity contribution >= 4 is 23.5 Å². The number of carboxylic acid groups (broad SMARTS) is 1. The van der Waals surface area contributed by atoms with E-state index in [0.717, 1.165) is 37.9 Å². The predicted molar refractivity (Wildman–Crippen MR) is 95.1 cm³/mol. The third-order valence-electron chi connectivity index (χ3n) is 5.09. The summed E-state index contributed by atoms with van der Waals surface area (Å²) in [5.41, 5.74) is -0.352. The van der Waals surface area contributed by atoms with E-state index in [1.807, 2.05) is 0 Å². The van der Waals surface area contributed by atoms with E-state index in [9.17, 15) is 19.5 Å². The van der Waals surface area contributed by atoms with Crippen molar-refractivity contribution in [1.82, 2.24) is 5.32 Å². The van der Waals surface area contributed by atoms with Gasteiger partial charge in [0.1, 0.15) is 11.3 Å². The van der Waals surface area contributed by atoms with Crippen molar-refractivity contribution in [2.24, 2.45) is 0 Å². The van der Waals surface area contributed by atoms with Crippen LogP contribution in [0, 0.1) is 0 Å². The molecule has 2 amide bonds. The van der Waals surface area contributed by atoms with Crippen molar-refractivity contribution in [2.45, 2.75) is 50.5 Å². The maximum atomic E-state index is 12.2. The van der Waals surface area contributed by atoms with E-state index < -0.39 is 17.4 Å². The van der Waals surface area contributed by atoms with Crippen LogP contribution in [0.15, 0.2) is 24.3 Å². The first-order valence-corrected chi connectivity index (χ1v) is 9.08. The number of hydrogen-bond donors (Lipinski definition) is 2. The molecule has 0 aromatic heterocycles. The van der Waals surface area contributed by atoms with Crippen molar-refractivity contribution in [2.75, 3.05) is 18.1 Å². The van der Waals surface area contributed by atoms with E-state index in [1.165, 1.54) is 0 Å². The molecule has 2 fully saturated rings. The van der Waals surface area contributed by atoms with E-state index in [4.69, 9.17) is 4.74 Å². The molecule has 1 saturated heterocycles. The van der Waals surface area contributed by atoms with Crippen LogP contribution in [0.1, 0.15) is 44.9 Å². The van der Waals surface area contributed by atoms with Gasteiger partial charge in [-0.15, -0.1) is 0 Å². The topological polar surface area (TPSA) is 95.9 Å². The first-order chi connectivity index (χ1) is 12.5. The van der Waals surface area contributed by atoms with Gasteiger partial charge >= 0.3 is 5.97 Å². The van der Waals surface area contributed by atoms with Crippen molar-refractivity contribution in [3.05, 3.63) is 24.3 Å². The zero-order valence-electron chi connectivity index (χ0n) is 14.7. The molecule has 0 spiro atoms. The van der Waals surface area contributed by atoms with Crippen LogP contribution in [-0.4, -0.2) is 41.6 Å². The monoisotopic (exact) mass is 360 g/mol. The molecular formula is C19H24N2O5. The highest BCUT2D eigenvalue weighted by Gasteiger charge is 2.40. The number of benzene rings is 1. The number of nitrogens with zero attached hydrogens (tertiary/aromatic N) is 1. The molecule has 1 heterocycles. The predicted octanol–water partition coefficient (Wildman–Crippen LogP) is 2.10. The Morgan fingerprint density at radius 2 is 1.81 bits per heavy atom. The van der Waals surface area contributed by atoms with Crippen molar-refractivity contribution < 1.29 is 24.2 Å². The van der Waals surface area contributed by atoms with E-state index in [-0.39, 0.29) is 12.5 Å². The molecular weight excluding hydrogens is 336 g/mol. The first-order valence-electron chi connectivity index (χ1n) is 9.08. The molecule has 1 aromatic carbocycles. The maximum absolute atomic E-state index is 12.2. The molecule has 0 bridgehead atoms. The number of carbonyl (C=O) groups excluding carboxylic acids is 2. The zero-order chi connectivity index (χ0) is 18.6. The van der Waals surface area contributed by atoms with Crippen LogP contribution < -0.4 is 15.0 Å². The van der Waals surface area contributed by atoms with Gasteiger partial charge in [-0.25, -0.2) is 4.79 Å². The lowest BCUT2D eigenvalue weighted by molar-refractivity contribution is -0.149. The number of carboxylic acids is 1. The van der Waals surface area contributed by atoms with E-state index >= 15 is 0 Å². The number of carbonyl (C=O) groups is 3. The minimum Gasteiger partial charge on any atom is -0.484 e. The summed E-state index contributed by atoms with van der Waals surface area (Å²) < 4.78 is 5.47. The van der Waals surface area contributed by atoms with Gasteiger partial charge in [0, 0.05) is 18.7 Å². The summed E-state index contributed by atoms with van der Waals surface area (Å²) >= 11 is 0. The van der Waals surface area contributed by atoms with Crippen molar-refractivity contribution in [3.63, 3.8) is 0 Å². The molecule has 7 heteroatoms. The van der Waals surface area contributed by atoms with Gasteiger partial charge in [0.2, 0.25) is 5.91 Å². The van der Waals surface area contributed by atoms with Crippen molar-refractivity contribution in [3.8, 4) is 5.75 Å². The second kappa shape index (κ2) is 7.76. The lowest BCUT2D eigenvalue weighted by atomic mass is 9.81. The fourth-order valence-electron chi connectivity index (χ4n) is 3.64. The summed E-state index contributed by atoms with van der Waals surface area (Å²) in [5.74, 6) is -0.800. The number of ether oxygens (including phenoxy) is 1. The highest BCUT2D eigenvalue weighted by Crippen LogP contribution is 2.28. The van der Waals surface area contributed by atoms with Gasteiger partial charge in [-0.1, -0.05) is 19.3 Å². The van der Waals surface area contributed by atoms with Crippen LogP contribution >= 0.6 is 0 Å². The minimum atomic E-state index is -1.17. The van der Waals surface area contributed by atoms with Gasteiger partial charge in [0.05, 0.1) is 0 Å². The Labute approximate surface area is 152 Å². The molecule has 140 valence electrons. The average Bonchev–Trinajstić information content (AvgIpc) is 3.07. The van der Waals surface area contributed by atoms with Crippen LogP contribution in [0.2, 0.25) is 0 Å². The molecule has 2 aliphatic rings. The van der Waals surface area contributed by atoms with Crippen LogP contribution in [0.5, 0.6) is 5.75 Å². The largest absolute Gasteiger partial charge is 0.484 e. The summed E-state index contributed by atoms with van der Waals surface area (Å²) in [6, 6.07) is 7.00. The van der Waals surface area contributed by atoms with E-state index in [2.05, 4.69) is 5.32 Å². The Hall–Kier alpha value is -2.57. The lowest BCUT2D eigenvalue weighted by Crippen LogP contribution is -2.56. The van der Waals surface area contributed by atoms with E-state index in [1.54, 1.807) is 29.2 Å². The molecule has 0 unspecified atom stereocenters. The second-order valence-corrected chi connectivity index (χ2v) is 6.93. The lowest BCUT2D eigenvalue weighted by Gasteiger charge is -2.33. The summed E-state index contributed by atoms with van der Waals surface area (Å²) in [6.45, 7) is 0.482. The molecule has 0 atom stereocenters. The van der Waals surface area contributed by atoms with Gasteiger partial charge in [-0.3, -0.25) is 9.59 Å². The fraction of sp³-hybridized carbons (Fsp3) is 0.526. The van der Waals surface area contributed by atoms with Crippen molar-refractivity contribution in [1.29, 1.82) is 0 Å². The summed E-state index contributed by atoms with van der Waals surface area (Å²) in [4.78, 5) is 37.2. The first kappa shape index (κ1) is 18.2. The average molecular weight is 360 g/mol. The van der Waals surface area contributed by atoms with Gasteiger partial charge in [-0.2, -0.15) is 0 Å². The quantitative estimate of drug-likeness (QED) is 0.810. The Morgan fingerprint density at radius 3 is 2.38 bits per heavy atom. The van der Waals surface area contributed by atoms with Crippen LogP contribution in [0.25, 0.3) is 0 Å². The number of rotatable bonds is 6. The number of aliphatic carboxylic acids is 1. The molecule has 0 radical (unpaired) electrons. The fourth-order valence-corrected chi connectivity index (χ4v) is 3.64. The minimum absolute atomic E-state index is 0.115. The normalized spacial score (nSPS) is 19.2. The van der Waals surface area contributed by atoms with Gasteiger partial charge < -0.3 is 20.1 Å². The second-order valence-electron chi connectivity index (χ2n) is 6.93. The van der Waals surface area contributed by atoms with Gasteiger partial charge in [0.15, 0.2) is 6.61 Å². The molecule has 7 nitrogen and oxygen atoms in total. The van der Waals surface area contributed by atoms with E-state index in [0.29, 0.717) is 25.0 Å². The smallest absolute Gasteiger partial charge is 0.329 e. The number of amides is 2. The SMILES string of the molecule is O=C(COc1ccc(N2CCCC2=O)cc1)NC1(C(=O)O)CCCCC1. The summed E-state index contributed by atoms with van der Waals surface area (Å²) in [5, 5.41) is 12.1. The highest BCUT2D eigenvalue weighted by atomic mass is 16.5. The standard InChI is InChI=1S/C19H24N2O5/c22-16(20-19(18(24)25)10-2-1-3-11-19)13-26-15-8-6-14(7-9-15)21-12-4-5-17(21)23/h6-9H,1-5,10-13H2,(H,20,22)(H,24,25). The molecule has 3 rings (SSSR count). The number of anilines is 1. The molecule has 26 heavy (non-hydrogen) atoms. The van der Waals surface area contributed by atoms with Crippen LogP contribution in [-0.2, 0) is 14.4 Å². The Kier molecular flexibility index (Phi) is 5.44. The van der Waals surface area contributed by atoms with Crippen LogP contribution in [0.3, 0.4) is 0 Å². The summed E-state index contributed by atoms with van der Waals surface area (Å²) in [7, 11) is 0. The zero-order valence-corrected chi connectivity index (χ0v) is 14.7. The highest BCUT2D eigenvalue weighted by molar-refractivity contribution is 5.95. The Balaban J connectivity index is 1.54. The van der Waals surface area contributed by atoms with Crippen LogP contribution in [0.4, 0.5) is 5.69 Å². The molecule has 1 aliphatic carbocycles. The third-order valence-corrected chi connectivity index (χ3v) is 5.09. The maximum Gasteiger partial charge on any atom is 0.329 e. The molecule has 1 aromatic rings. The number of hydrogen-bond acceptors (Lipinski definition) is 4. The molecule has 2 N–H and O–H groups in total. The summed E-state index contributed by atoms with van der Waals surface area (Å²) in [6.07, 6.45) is 4.92. The molecule has 1 saturated carbocycles. The molecule has 1 aliphatic heterocycles. The number of nitrogens with one attached hydrogen (secondary N) is 1. The van der Waals surface area contributed by atoms with Gasteiger partial charge in [-0.05, 0) is 43.5 Å².